The maximum absolute atomic E-state index is 13.3. The van der Waals surface area contributed by atoms with Crippen LogP contribution in [0.1, 0.15) is 11.1 Å². The van der Waals surface area contributed by atoms with E-state index in [9.17, 15) is 4.39 Å². The Balaban J connectivity index is 3.41. The molecule has 0 aliphatic heterocycles. The average Bonchev–Trinajstić information content (AvgIpc) is 2.10. The fourth-order valence-corrected chi connectivity index (χ4v) is 1.50. The van der Waals surface area contributed by atoms with Crippen molar-refractivity contribution < 1.29 is 14.2 Å². The van der Waals surface area contributed by atoms with Gasteiger partial charge < -0.3 is 9.84 Å². The van der Waals surface area contributed by atoms with Crippen LogP contribution in [0.3, 0.4) is 0 Å². The van der Waals surface area contributed by atoms with Crippen molar-refractivity contribution in [3.63, 3.8) is 0 Å². The van der Waals surface area contributed by atoms with E-state index >= 15 is 0 Å². The Morgan fingerprint density at radius 2 is 2.23 bits per heavy atom. The standard InChI is InChI=1S/C9H10ClFO2/c1-5-3-7(10)8(11)6(4-12)9(5)13-2/h3,12H,4H2,1-2H3. The highest BCUT2D eigenvalue weighted by Crippen LogP contribution is 2.30. The molecule has 1 N–H and O–H groups in total. The van der Waals surface area contributed by atoms with Crippen LogP contribution in [0.15, 0.2) is 6.07 Å². The Bertz CT molecular complexity index is 326. The number of benzene rings is 1. The van der Waals surface area contributed by atoms with Gasteiger partial charge in [-0.15, -0.1) is 0 Å². The minimum absolute atomic E-state index is 0.00218. The molecule has 13 heavy (non-hydrogen) atoms. The predicted octanol–water partition coefficient (Wildman–Crippen LogP) is 2.29. The van der Waals surface area contributed by atoms with Crippen LogP contribution in [-0.2, 0) is 6.61 Å². The third-order valence-electron chi connectivity index (χ3n) is 1.81. The number of aryl methyl sites for hydroxylation is 1. The number of methoxy groups -OCH3 is 1. The van der Waals surface area contributed by atoms with Gasteiger partial charge in [0.15, 0.2) is 5.82 Å². The molecule has 0 atom stereocenters. The van der Waals surface area contributed by atoms with Gasteiger partial charge in [0.25, 0.3) is 0 Å². The van der Waals surface area contributed by atoms with E-state index < -0.39 is 12.4 Å². The number of halogens is 2. The second-order valence-electron chi connectivity index (χ2n) is 2.66. The van der Waals surface area contributed by atoms with Gasteiger partial charge >= 0.3 is 0 Å². The summed E-state index contributed by atoms with van der Waals surface area (Å²) in [6.07, 6.45) is 0. The first-order chi connectivity index (χ1) is 6.11. The van der Waals surface area contributed by atoms with E-state index in [-0.39, 0.29) is 10.6 Å². The van der Waals surface area contributed by atoms with E-state index in [1.54, 1.807) is 6.92 Å². The van der Waals surface area contributed by atoms with Gasteiger partial charge in [0.1, 0.15) is 5.75 Å². The van der Waals surface area contributed by atoms with E-state index in [2.05, 4.69) is 0 Å². The number of aliphatic hydroxyl groups is 1. The fourth-order valence-electron chi connectivity index (χ4n) is 1.23. The second-order valence-corrected chi connectivity index (χ2v) is 3.07. The largest absolute Gasteiger partial charge is 0.496 e. The Morgan fingerprint density at radius 1 is 1.62 bits per heavy atom. The lowest BCUT2D eigenvalue weighted by atomic mass is 10.1. The maximum atomic E-state index is 13.3. The van der Waals surface area contributed by atoms with Crippen molar-refractivity contribution in [1.29, 1.82) is 0 Å². The summed E-state index contributed by atoms with van der Waals surface area (Å²) < 4.78 is 18.2. The predicted molar refractivity (Wildman–Crippen MR) is 48.6 cm³/mol. The Hall–Kier alpha value is -0.800. The summed E-state index contributed by atoms with van der Waals surface area (Å²) in [6.45, 7) is 1.32. The second kappa shape index (κ2) is 3.94. The molecule has 0 fully saturated rings. The topological polar surface area (TPSA) is 29.5 Å². The fraction of sp³-hybridized carbons (Fsp3) is 0.333. The molecule has 72 valence electrons. The van der Waals surface area contributed by atoms with Crippen molar-refractivity contribution >= 4 is 11.6 Å². The Morgan fingerprint density at radius 3 is 2.69 bits per heavy atom. The molecule has 0 aliphatic carbocycles. The number of hydrogen-bond donors (Lipinski definition) is 1. The van der Waals surface area contributed by atoms with Crippen molar-refractivity contribution in [1.82, 2.24) is 0 Å². The third-order valence-corrected chi connectivity index (χ3v) is 2.09. The molecule has 0 saturated carbocycles. The zero-order chi connectivity index (χ0) is 10.0. The zero-order valence-electron chi connectivity index (χ0n) is 7.40. The quantitative estimate of drug-likeness (QED) is 0.801. The van der Waals surface area contributed by atoms with Crippen LogP contribution >= 0.6 is 11.6 Å². The molecule has 0 aliphatic rings. The highest BCUT2D eigenvalue weighted by molar-refractivity contribution is 6.30. The van der Waals surface area contributed by atoms with Gasteiger partial charge in [-0.25, -0.2) is 4.39 Å². The summed E-state index contributed by atoms with van der Waals surface area (Å²) in [5, 5.41) is 8.90. The monoisotopic (exact) mass is 204 g/mol. The molecule has 0 radical (unpaired) electrons. The van der Waals surface area contributed by atoms with E-state index in [1.807, 2.05) is 0 Å². The lowest BCUT2D eigenvalue weighted by Gasteiger charge is -2.11. The van der Waals surface area contributed by atoms with Crippen LogP contribution in [0.2, 0.25) is 5.02 Å². The zero-order valence-corrected chi connectivity index (χ0v) is 8.15. The van der Waals surface area contributed by atoms with Crippen molar-refractivity contribution in [3.05, 3.63) is 28.0 Å². The molecule has 0 bridgehead atoms. The van der Waals surface area contributed by atoms with Crippen LogP contribution in [0.5, 0.6) is 5.75 Å². The van der Waals surface area contributed by atoms with Gasteiger partial charge in [0.05, 0.1) is 24.3 Å². The molecule has 1 aromatic rings. The van der Waals surface area contributed by atoms with Gasteiger partial charge in [-0.2, -0.15) is 0 Å². The molecular formula is C9H10ClFO2. The summed E-state index contributed by atoms with van der Waals surface area (Å²) in [4.78, 5) is 0. The van der Waals surface area contributed by atoms with Crippen LogP contribution < -0.4 is 4.74 Å². The molecule has 0 spiro atoms. The highest BCUT2D eigenvalue weighted by atomic mass is 35.5. The molecule has 2 nitrogen and oxygen atoms in total. The van der Waals surface area contributed by atoms with Gasteiger partial charge in [0, 0.05) is 0 Å². The molecule has 1 rings (SSSR count). The molecule has 0 aromatic heterocycles. The number of rotatable bonds is 2. The molecular weight excluding hydrogens is 195 g/mol. The Kier molecular flexibility index (Phi) is 3.12. The average molecular weight is 205 g/mol. The molecule has 0 unspecified atom stereocenters. The summed E-state index contributed by atoms with van der Waals surface area (Å²) in [5.41, 5.74) is 0.811. The summed E-state index contributed by atoms with van der Waals surface area (Å²) in [5.74, 6) is -0.268. The first kappa shape index (κ1) is 10.3. The molecule has 0 saturated heterocycles. The number of aliphatic hydroxyl groups excluding tert-OH is 1. The van der Waals surface area contributed by atoms with Crippen molar-refractivity contribution in [2.75, 3.05) is 7.11 Å². The maximum Gasteiger partial charge on any atom is 0.151 e. The minimum atomic E-state index is -0.619. The molecule has 0 amide bonds. The van der Waals surface area contributed by atoms with E-state index in [0.29, 0.717) is 11.3 Å². The Labute approximate surface area is 80.9 Å². The van der Waals surface area contributed by atoms with Gasteiger partial charge in [0.2, 0.25) is 0 Å². The first-order valence-electron chi connectivity index (χ1n) is 3.74. The van der Waals surface area contributed by atoms with Gasteiger partial charge in [-0.05, 0) is 18.6 Å². The van der Waals surface area contributed by atoms with E-state index in [1.165, 1.54) is 13.2 Å². The van der Waals surface area contributed by atoms with Gasteiger partial charge in [-0.3, -0.25) is 0 Å². The minimum Gasteiger partial charge on any atom is -0.496 e. The molecule has 4 heteroatoms. The highest BCUT2D eigenvalue weighted by Gasteiger charge is 2.14. The summed E-state index contributed by atoms with van der Waals surface area (Å²) in [6, 6.07) is 1.47. The van der Waals surface area contributed by atoms with Crippen LogP contribution in [0.25, 0.3) is 0 Å². The SMILES string of the molecule is COc1c(C)cc(Cl)c(F)c1CO. The van der Waals surface area contributed by atoms with Crippen LogP contribution in [0.4, 0.5) is 4.39 Å². The smallest absolute Gasteiger partial charge is 0.151 e. The van der Waals surface area contributed by atoms with E-state index in [4.69, 9.17) is 21.4 Å². The number of hydrogen-bond acceptors (Lipinski definition) is 2. The van der Waals surface area contributed by atoms with Crippen LogP contribution in [-0.4, -0.2) is 12.2 Å². The van der Waals surface area contributed by atoms with Gasteiger partial charge in [-0.1, -0.05) is 11.6 Å². The number of ether oxygens (including phenoxy) is 1. The lowest BCUT2D eigenvalue weighted by molar-refractivity contribution is 0.266. The van der Waals surface area contributed by atoms with Crippen molar-refractivity contribution in [3.8, 4) is 5.75 Å². The lowest BCUT2D eigenvalue weighted by Crippen LogP contribution is -1.99. The third kappa shape index (κ3) is 1.76. The van der Waals surface area contributed by atoms with Crippen molar-refractivity contribution in [2.24, 2.45) is 0 Å². The summed E-state index contributed by atoms with van der Waals surface area (Å²) in [7, 11) is 1.43. The molecule has 0 heterocycles. The normalized spacial score (nSPS) is 10.2. The summed E-state index contributed by atoms with van der Waals surface area (Å²) >= 11 is 5.59. The van der Waals surface area contributed by atoms with E-state index in [0.717, 1.165) is 0 Å². The first-order valence-corrected chi connectivity index (χ1v) is 4.12. The van der Waals surface area contributed by atoms with Crippen molar-refractivity contribution in [2.45, 2.75) is 13.5 Å². The molecule has 1 aromatic carbocycles. The van der Waals surface area contributed by atoms with Crippen LogP contribution in [0, 0.1) is 12.7 Å².